The van der Waals surface area contributed by atoms with Crippen molar-refractivity contribution in [1.29, 1.82) is 0 Å². The van der Waals surface area contributed by atoms with E-state index < -0.39 is 18.4 Å². The quantitative estimate of drug-likeness (QED) is 0.203. The average molecular weight is 484 g/mol. The zero-order valence-electron chi connectivity index (χ0n) is 18.8. The normalized spacial score (nSPS) is 18.3. The number of ether oxygens (including phenoxy) is 1. The van der Waals surface area contributed by atoms with Crippen molar-refractivity contribution in [3.05, 3.63) is 21.9 Å². The Labute approximate surface area is 172 Å². The Balaban J connectivity index is 3.47. The minimum atomic E-state index is -2.77. The van der Waals surface area contributed by atoms with Crippen LogP contribution in [0.4, 0.5) is 4.79 Å². The van der Waals surface area contributed by atoms with Crippen LogP contribution in [0.2, 0.25) is 13.3 Å². The molecule has 1 aliphatic rings. The van der Waals surface area contributed by atoms with Crippen LogP contribution >= 0.6 is 0 Å². The molecule has 1 aliphatic heterocycles. The summed E-state index contributed by atoms with van der Waals surface area (Å²) >= 11 is -2.77. The van der Waals surface area contributed by atoms with Crippen LogP contribution in [0.25, 0.3) is 0 Å². The van der Waals surface area contributed by atoms with Crippen molar-refractivity contribution < 1.29 is 9.53 Å². The van der Waals surface area contributed by atoms with Gasteiger partial charge in [-0.2, -0.15) is 0 Å². The number of unbranched alkanes of at least 4 members (excludes halogenated alkanes) is 3. The fourth-order valence-electron chi connectivity index (χ4n) is 4.22. The molecular weight excluding hydrogens is 441 g/mol. The standard InChI is InChI=1S/C11H16NO2.3C4H9.Sn/c1-8(2)5-6-12-10(9(3)4)7-14-11(12)13;3*1-3-4-2;/h5,9-10H,1,7H2,2-4H3;3*1,3-4H2,2H3;/t10-;;;;/m1..../s1. The predicted octanol–water partition coefficient (Wildman–Crippen LogP) is 7.31. The van der Waals surface area contributed by atoms with Gasteiger partial charge in [0, 0.05) is 0 Å². The molecule has 27 heavy (non-hydrogen) atoms. The molecule has 0 unspecified atom stereocenters. The van der Waals surface area contributed by atoms with E-state index in [0.29, 0.717) is 12.5 Å². The molecule has 0 aromatic heterocycles. The van der Waals surface area contributed by atoms with Crippen LogP contribution in [0, 0.1) is 5.92 Å². The maximum absolute atomic E-state index is 12.8. The predicted molar refractivity (Wildman–Crippen MR) is 120 cm³/mol. The van der Waals surface area contributed by atoms with E-state index in [1.54, 1.807) is 0 Å². The molecule has 0 spiro atoms. The van der Waals surface area contributed by atoms with Crippen molar-refractivity contribution >= 4 is 24.5 Å². The molecule has 0 aromatic rings. The van der Waals surface area contributed by atoms with Gasteiger partial charge < -0.3 is 0 Å². The fourth-order valence-corrected chi connectivity index (χ4v) is 21.1. The van der Waals surface area contributed by atoms with Gasteiger partial charge in [0.15, 0.2) is 0 Å². The third-order valence-electron chi connectivity index (χ3n) is 5.89. The molecule has 1 heterocycles. The van der Waals surface area contributed by atoms with E-state index in [-0.39, 0.29) is 12.1 Å². The third-order valence-corrected chi connectivity index (χ3v) is 21.3. The minimum absolute atomic E-state index is 0.119. The number of hydrogen-bond donors (Lipinski definition) is 0. The van der Waals surface area contributed by atoms with Gasteiger partial charge in [0.05, 0.1) is 0 Å². The van der Waals surface area contributed by atoms with Crippen LogP contribution in [0.5, 0.6) is 0 Å². The van der Waals surface area contributed by atoms with Crippen LogP contribution in [0.1, 0.15) is 80.1 Å². The van der Waals surface area contributed by atoms with Gasteiger partial charge in [-0.25, -0.2) is 0 Å². The zero-order chi connectivity index (χ0) is 20.4. The molecule has 0 radical (unpaired) electrons. The molecule has 1 fully saturated rings. The molecule has 4 heteroatoms. The summed E-state index contributed by atoms with van der Waals surface area (Å²) in [5.74, 6) is 0.400. The number of cyclic esters (lactones) is 1. The van der Waals surface area contributed by atoms with Gasteiger partial charge in [-0.3, -0.25) is 0 Å². The average Bonchev–Trinajstić information content (AvgIpc) is 3.01. The molecule has 0 aromatic carbocycles. The number of allylic oxidation sites excluding steroid dienone is 2. The van der Waals surface area contributed by atoms with Crippen molar-refractivity contribution in [2.24, 2.45) is 5.92 Å². The summed E-state index contributed by atoms with van der Waals surface area (Å²) < 4.78 is 11.0. The second-order valence-corrected chi connectivity index (χ2v) is 21.8. The van der Waals surface area contributed by atoms with E-state index in [0.717, 1.165) is 5.57 Å². The maximum atomic E-state index is 12.8. The molecule has 3 nitrogen and oxygen atoms in total. The summed E-state index contributed by atoms with van der Waals surface area (Å²) in [6.07, 6.45) is 9.70. The first kappa shape index (κ1) is 24.6. The Morgan fingerprint density at radius 2 is 1.63 bits per heavy atom. The summed E-state index contributed by atoms with van der Waals surface area (Å²) in [6, 6.07) is 0.170. The summed E-state index contributed by atoms with van der Waals surface area (Å²) in [6.45, 7) is 18.1. The van der Waals surface area contributed by atoms with Crippen molar-refractivity contribution in [3.8, 4) is 0 Å². The fraction of sp³-hybridized carbons (Fsp3) is 0.783. The molecule has 1 amide bonds. The number of carbonyl (C=O) groups is 1. The van der Waals surface area contributed by atoms with Crippen LogP contribution < -0.4 is 0 Å². The van der Waals surface area contributed by atoms with E-state index in [1.807, 2.05) is 0 Å². The van der Waals surface area contributed by atoms with E-state index in [1.165, 1.54) is 55.5 Å². The molecule has 0 aliphatic carbocycles. The zero-order valence-corrected chi connectivity index (χ0v) is 21.6. The number of hydrogen-bond acceptors (Lipinski definition) is 2. The Bertz CT molecular complexity index is 491. The van der Waals surface area contributed by atoms with Crippen LogP contribution in [-0.4, -0.2) is 42.0 Å². The summed E-state index contributed by atoms with van der Waals surface area (Å²) in [5, 5.41) is 0. The number of carbonyl (C=O) groups excluding carboxylic acids is 1. The van der Waals surface area contributed by atoms with Crippen LogP contribution in [0.15, 0.2) is 21.9 Å². The summed E-state index contributed by atoms with van der Waals surface area (Å²) in [5.41, 5.74) is 1.07. The van der Waals surface area contributed by atoms with Crippen LogP contribution in [0.3, 0.4) is 0 Å². The Morgan fingerprint density at radius 3 is 2.00 bits per heavy atom. The Morgan fingerprint density at radius 1 is 1.15 bits per heavy atom. The summed E-state index contributed by atoms with van der Waals surface area (Å²) in [7, 11) is 0. The first-order chi connectivity index (χ1) is 12.8. The van der Waals surface area contributed by atoms with Gasteiger partial charge in [0.2, 0.25) is 0 Å². The number of rotatable bonds is 13. The van der Waals surface area contributed by atoms with Crippen LogP contribution in [-0.2, 0) is 4.74 Å². The molecule has 0 bridgehead atoms. The number of nitrogens with zero attached hydrogens (tertiary/aromatic N) is 1. The van der Waals surface area contributed by atoms with E-state index in [9.17, 15) is 4.79 Å². The first-order valence-corrected chi connectivity index (χ1v) is 18.6. The van der Waals surface area contributed by atoms with Crippen molar-refractivity contribution in [1.82, 2.24) is 4.90 Å². The molecule has 1 atom stereocenters. The van der Waals surface area contributed by atoms with E-state index >= 15 is 0 Å². The van der Waals surface area contributed by atoms with E-state index in [4.69, 9.17) is 4.74 Å². The second-order valence-electron chi connectivity index (χ2n) is 8.73. The Kier molecular flexibility index (Phi) is 11.1. The Hall–Kier alpha value is -0.451. The van der Waals surface area contributed by atoms with Crippen molar-refractivity contribution in [3.63, 3.8) is 0 Å². The van der Waals surface area contributed by atoms with E-state index in [2.05, 4.69) is 59.1 Å². The van der Waals surface area contributed by atoms with Gasteiger partial charge in [-0.05, 0) is 0 Å². The molecule has 1 saturated heterocycles. The summed E-state index contributed by atoms with van der Waals surface area (Å²) in [4.78, 5) is 14.9. The third kappa shape index (κ3) is 6.83. The topological polar surface area (TPSA) is 29.5 Å². The van der Waals surface area contributed by atoms with Gasteiger partial charge in [0.1, 0.15) is 0 Å². The molecule has 156 valence electrons. The second kappa shape index (κ2) is 12.2. The van der Waals surface area contributed by atoms with Gasteiger partial charge in [0.25, 0.3) is 0 Å². The van der Waals surface area contributed by atoms with Gasteiger partial charge in [-0.15, -0.1) is 0 Å². The first-order valence-electron chi connectivity index (χ1n) is 11.2. The molecule has 1 rings (SSSR count). The SMILES string of the molecule is C=C(C)/C=[C](\N1C(=O)OC[C@@H]1C(C)C)[Sn]([CH2]CCC)([CH2]CCC)[CH2]CCC. The molecule has 0 N–H and O–H groups in total. The molecular formula is C23H43NO2Sn. The van der Waals surface area contributed by atoms with Crippen molar-refractivity contribution in [2.45, 2.75) is 99.4 Å². The monoisotopic (exact) mass is 485 g/mol. The number of amides is 1. The van der Waals surface area contributed by atoms with Gasteiger partial charge in [-0.1, -0.05) is 0 Å². The molecule has 0 saturated carbocycles. The van der Waals surface area contributed by atoms with Gasteiger partial charge >= 0.3 is 173 Å². The van der Waals surface area contributed by atoms with Crippen molar-refractivity contribution in [2.75, 3.05) is 6.61 Å².